The van der Waals surface area contributed by atoms with Gasteiger partial charge in [0.1, 0.15) is 11.5 Å². The molecule has 0 bridgehead atoms. The predicted molar refractivity (Wildman–Crippen MR) is 97.7 cm³/mol. The first kappa shape index (κ1) is 20.1. The molecule has 0 spiro atoms. The van der Waals surface area contributed by atoms with E-state index in [0.29, 0.717) is 24.2 Å². The molecule has 0 aliphatic heterocycles. The Bertz CT molecular complexity index is 518. The van der Waals surface area contributed by atoms with E-state index in [1.165, 1.54) is 0 Å². The molecule has 0 aromatic heterocycles. The average molecular weight is 337 g/mol. The van der Waals surface area contributed by atoms with Crippen molar-refractivity contribution in [2.75, 3.05) is 27.3 Å². The van der Waals surface area contributed by atoms with Crippen LogP contribution in [-0.4, -0.2) is 44.5 Å². The molecule has 0 radical (unpaired) electrons. The van der Waals surface area contributed by atoms with Crippen LogP contribution in [0.1, 0.15) is 32.8 Å². The molecule has 24 heavy (non-hydrogen) atoms. The molecule has 6 heteroatoms. The summed E-state index contributed by atoms with van der Waals surface area (Å²) in [5.41, 5.74) is 0.756. The zero-order chi connectivity index (χ0) is 17.9. The summed E-state index contributed by atoms with van der Waals surface area (Å²) in [6.07, 6.45) is 1.15. The summed E-state index contributed by atoms with van der Waals surface area (Å²) in [5.74, 6) is 2.12. The Balaban J connectivity index is 2.48. The molecule has 6 nitrogen and oxygen atoms in total. The lowest BCUT2D eigenvalue weighted by atomic mass is 10.0. The van der Waals surface area contributed by atoms with Crippen molar-refractivity contribution < 1.29 is 14.6 Å². The second-order valence-corrected chi connectivity index (χ2v) is 5.87. The molecule has 0 fully saturated rings. The second kappa shape index (κ2) is 10.8. The number of ether oxygens (including phenoxy) is 2. The Hall–Kier alpha value is -1.95. The molecular weight excluding hydrogens is 306 g/mol. The van der Waals surface area contributed by atoms with Gasteiger partial charge in [-0.15, -0.1) is 0 Å². The number of phenolic OH excluding ortho intramolecular Hbond substituents is 1. The van der Waals surface area contributed by atoms with Crippen molar-refractivity contribution in [2.24, 2.45) is 10.9 Å². The van der Waals surface area contributed by atoms with Gasteiger partial charge in [-0.1, -0.05) is 13.8 Å². The highest BCUT2D eigenvalue weighted by molar-refractivity contribution is 5.79. The third-order valence-electron chi connectivity index (χ3n) is 3.80. The summed E-state index contributed by atoms with van der Waals surface area (Å²) in [7, 11) is 3.33. The van der Waals surface area contributed by atoms with E-state index in [0.717, 1.165) is 25.1 Å². The van der Waals surface area contributed by atoms with Gasteiger partial charge >= 0.3 is 0 Å². The third kappa shape index (κ3) is 6.66. The standard InChI is InChI=1S/C18H31N3O3/c1-6-24-17(13(2)3)9-10-20-18(19-4)21-12-14-11-15(23-5)7-8-16(14)22/h7-8,11,13,17,22H,6,9-10,12H2,1-5H3,(H2,19,20,21). The van der Waals surface area contributed by atoms with Gasteiger partial charge in [-0.25, -0.2) is 0 Å². The first-order chi connectivity index (χ1) is 11.5. The molecule has 0 amide bonds. The maximum atomic E-state index is 9.91. The number of aliphatic imine (C=N–C) groups is 1. The maximum absolute atomic E-state index is 9.91. The number of hydrogen-bond acceptors (Lipinski definition) is 4. The van der Waals surface area contributed by atoms with Crippen LogP contribution in [0.3, 0.4) is 0 Å². The molecule has 3 N–H and O–H groups in total. The fourth-order valence-electron chi connectivity index (χ4n) is 2.39. The SMILES string of the molecule is CCOC(CCNC(=NC)NCc1cc(OC)ccc1O)C(C)C. The lowest BCUT2D eigenvalue weighted by Crippen LogP contribution is -2.38. The highest BCUT2D eigenvalue weighted by Crippen LogP contribution is 2.22. The fraction of sp³-hybridized carbons (Fsp3) is 0.611. The Morgan fingerprint density at radius 2 is 2.04 bits per heavy atom. The average Bonchev–Trinajstić information content (AvgIpc) is 2.58. The Kier molecular flexibility index (Phi) is 9.01. The molecule has 1 unspecified atom stereocenters. The molecule has 1 aromatic carbocycles. The van der Waals surface area contributed by atoms with Crippen LogP contribution in [-0.2, 0) is 11.3 Å². The van der Waals surface area contributed by atoms with Crippen molar-refractivity contribution in [1.29, 1.82) is 0 Å². The number of rotatable bonds is 9. The third-order valence-corrected chi connectivity index (χ3v) is 3.80. The molecule has 0 saturated heterocycles. The van der Waals surface area contributed by atoms with Gasteiger partial charge in [-0.3, -0.25) is 4.99 Å². The second-order valence-electron chi connectivity index (χ2n) is 5.87. The van der Waals surface area contributed by atoms with Crippen LogP contribution in [0.25, 0.3) is 0 Å². The van der Waals surface area contributed by atoms with Gasteiger partial charge in [-0.2, -0.15) is 0 Å². The van der Waals surface area contributed by atoms with Gasteiger partial charge in [0.05, 0.1) is 13.2 Å². The van der Waals surface area contributed by atoms with E-state index in [4.69, 9.17) is 9.47 Å². The van der Waals surface area contributed by atoms with Crippen molar-refractivity contribution >= 4 is 5.96 Å². The number of nitrogens with one attached hydrogen (secondary N) is 2. The summed E-state index contributed by atoms with van der Waals surface area (Å²) in [6, 6.07) is 5.16. The molecule has 0 aliphatic carbocycles. The molecule has 0 saturated carbocycles. The summed E-state index contributed by atoms with van der Waals surface area (Å²) < 4.78 is 10.9. The van der Waals surface area contributed by atoms with E-state index in [-0.39, 0.29) is 11.9 Å². The Labute approximate surface area is 145 Å². The quantitative estimate of drug-likeness (QED) is 0.477. The van der Waals surface area contributed by atoms with Crippen LogP contribution in [0.2, 0.25) is 0 Å². The summed E-state index contributed by atoms with van der Waals surface area (Å²) in [6.45, 7) is 8.31. The molecule has 136 valence electrons. The van der Waals surface area contributed by atoms with Crippen LogP contribution < -0.4 is 15.4 Å². The van der Waals surface area contributed by atoms with E-state index >= 15 is 0 Å². The number of phenols is 1. The van der Waals surface area contributed by atoms with Gasteiger partial charge in [0.25, 0.3) is 0 Å². The Morgan fingerprint density at radius 3 is 2.62 bits per heavy atom. The fourth-order valence-corrected chi connectivity index (χ4v) is 2.39. The first-order valence-electron chi connectivity index (χ1n) is 8.43. The first-order valence-corrected chi connectivity index (χ1v) is 8.43. The van der Waals surface area contributed by atoms with Crippen molar-refractivity contribution in [3.8, 4) is 11.5 Å². The zero-order valence-electron chi connectivity index (χ0n) is 15.4. The number of methoxy groups -OCH3 is 1. The summed E-state index contributed by atoms with van der Waals surface area (Å²) >= 11 is 0. The Morgan fingerprint density at radius 1 is 1.29 bits per heavy atom. The van der Waals surface area contributed by atoms with Crippen LogP contribution in [0, 0.1) is 5.92 Å². The van der Waals surface area contributed by atoms with Crippen molar-refractivity contribution in [3.05, 3.63) is 23.8 Å². The summed E-state index contributed by atoms with van der Waals surface area (Å²) in [5, 5.41) is 16.4. The molecule has 0 aliphatic rings. The van der Waals surface area contributed by atoms with Gasteiger partial charge < -0.3 is 25.2 Å². The topological polar surface area (TPSA) is 75.1 Å². The van der Waals surface area contributed by atoms with E-state index in [9.17, 15) is 5.11 Å². The normalized spacial score (nSPS) is 13.0. The number of nitrogens with zero attached hydrogens (tertiary/aromatic N) is 1. The predicted octanol–water partition coefficient (Wildman–Crippen LogP) is 2.52. The number of benzene rings is 1. The molecule has 1 rings (SSSR count). The van der Waals surface area contributed by atoms with Gasteiger partial charge in [-0.05, 0) is 37.5 Å². The number of aromatic hydroxyl groups is 1. The van der Waals surface area contributed by atoms with Gasteiger partial charge in [0, 0.05) is 32.3 Å². The molecular formula is C18H31N3O3. The minimum absolute atomic E-state index is 0.231. The molecule has 0 heterocycles. The van der Waals surface area contributed by atoms with Gasteiger partial charge in [0.15, 0.2) is 5.96 Å². The maximum Gasteiger partial charge on any atom is 0.191 e. The van der Waals surface area contributed by atoms with E-state index < -0.39 is 0 Å². The lowest BCUT2D eigenvalue weighted by Gasteiger charge is -2.21. The monoisotopic (exact) mass is 337 g/mol. The molecule has 1 atom stereocenters. The van der Waals surface area contributed by atoms with Crippen molar-refractivity contribution in [2.45, 2.75) is 39.8 Å². The van der Waals surface area contributed by atoms with Crippen LogP contribution in [0.15, 0.2) is 23.2 Å². The van der Waals surface area contributed by atoms with Crippen LogP contribution in [0.4, 0.5) is 0 Å². The van der Waals surface area contributed by atoms with E-state index in [2.05, 4.69) is 29.5 Å². The summed E-state index contributed by atoms with van der Waals surface area (Å²) in [4.78, 5) is 4.20. The van der Waals surface area contributed by atoms with Crippen LogP contribution in [0.5, 0.6) is 11.5 Å². The lowest BCUT2D eigenvalue weighted by molar-refractivity contribution is 0.0258. The number of hydrogen-bond donors (Lipinski definition) is 3. The highest BCUT2D eigenvalue weighted by Gasteiger charge is 2.13. The number of guanidine groups is 1. The van der Waals surface area contributed by atoms with Crippen molar-refractivity contribution in [1.82, 2.24) is 10.6 Å². The van der Waals surface area contributed by atoms with Crippen LogP contribution >= 0.6 is 0 Å². The largest absolute Gasteiger partial charge is 0.508 e. The van der Waals surface area contributed by atoms with E-state index in [1.807, 2.05) is 6.92 Å². The molecule has 1 aromatic rings. The van der Waals surface area contributed by atoms with Gasteiger partial charge in [0.2, 0.25) is 0 Å². The zero-order valence-corrected chi connectivity index (χ0v) is 15.4. The van der Waals surface area contributed by atoms with E-state index in [1.54, 1.807) is 32.4 Å². The minimum atomic E-state index is 0.231. The minimum Gasteiger partial charge on any atom is -0.508 e. The smallest absolute Gasteiger partial charge is 0.191 e. The highest BCUT2D eigenvalue weighted by atomic mass is 16.5. The van der Waals surface area contributed by atoms with Crippen molar-refractivity contribution in [3.63, 3.8) is 0 Å².